The molecular formula is C25H33N3O9S. The lowest BCUT2D eigenvalue weighted by atomic mass is 10.1. The van der Waals surface area contributed by atoms with Crippen molar-refractivity contribution in [3.05, 3.63) is 71.8 Å². The average molecular weight is 552 g/mol. The van der Waals surface area contributed by atoms with Gasteiger partial charge in [0, 0.05) is 19.1 Å². The van der Waals surface area contributed by atoms with Crippen LogP contribution in [-0.2, 0) is 37.6 Å². The molecule has 2 rings (SSSR count). The Bertz CT molecular complexity index is 1120. The Kier molecular flexibility index (Phi) is 13.0. The number of carbonyl (C=O) groups is 3. The van der Waals surface area contributed by atoms with Crippen molar-refractivity contribution >= 4 is 28.3 Å². The first-order valence-corrected chi connectivity index (χ1v) is 13.6. The van der Waals surface area contributed by atoms with Crippen LogP contribution in [0.25, 0.3) is 0 Å². The van der Waals surface area contributed by atoms with Gasteiger partial charge in [0.1, 0.15) is 25.0 Å². The second kappa shape index (κ2) is 16.2. The highest BCUT2D eigenvalue weighted by Crippen LogP contribution is 2.05. The number of hydrogen-bond acceptors (Lipinski definition) is 8. The molecule has 0 aliphatic heterocycles. The Labute approximate surface area is 221 Å². The maximum atomic E-state index is 12.3. The van der Waals surface area contributed by atoms with E-state index in [-0.39, 0.29) is 19.8 Å². The standard InChI is InChI=1S/C25H33N3O9S/c29-23(30)22(18-38(33,34)35)27-15-21(28-25(32)37-17-20-11-5-2-6-12-20)13-7-8-14-26-24(31)36-16-19-9-3-1-4-10-19/h1-6,9-12,21-22,27H,7-8,13-18H2,(H,26,31)(H,28,32)(H,29,30)(H,33,34,35). The van der Waals surface area contributed by atoms with E-state index in [9.17, 15) is 27.9 Å². The third-order valence-electron chi connectivity index (χ3n) is 5.28. The monoisotopic (exact) mass is 551 g/mol. The van der Waals surface area contributed by atoms with Gasteiger partial charge < -0.3 is 30.5 Å². The Morgan fingerprint density at radius 2 is 1.39 bits per heavy atom. The van der Waals surface area contributed by atoms with Gasteiger partial charge in [-0.3, -0.25) is 9.35 Å². The molecule has 12 nitrogen and oxygen atoms in total. The molecule has 0 heterocycles. The van der Waals surface area contributed by atoms with Crippen molar-refractivity contribution < 1.29 is 41.9 Å². The summed E-state index contributed by atoms with van der Waals surface area (Å²) >= 11 is 0. The fraction of sp³-hybridized carbons (Fsp3) is 0.400. The molecule has 5 N–H and O–H groups in total. The number of carbonyl (C=O) groups excluding carboxylic acids is 2. The summed E-state index contributed by atoms with van der Waals surface area (Å²) in [4.78, 5) is 35.6. The largest absolute Gasteiger partial charge is 0.480 e. The zero-order valence-electron chi connectivity index (χ0n) is 20.7. The van der Waals surface area contributed by atoms with E-state index in [0.29, 0.717) is 25.8 Å². The SMILES string of the molecule is O=C(NCCCCC(CNC(CS(=O)(=O)O)C(=O)O)NC(=O)OCc1ccccc1)OCc1ccccc1. The lowest BCUT2D eigenvalue weighted by Crippen LogP contribution is -2.49. The molecule has 0 aromatic heterocycles. The molecule has 2 atom stereocenters. The molecule has 0 radical (unpaired) electrons. The van der Waals surface area contributed by atoms with Gasteiger partial charge in [0.15, 0.2) is 0 Å². The number of rotatable bonds is 16. The fourth-order valence-electron chi connectivity index (χ4n) is 3.35. The second-order valence-electron chi connectivity index (χ2n) is 8.43. The zero-order valence-corrected chi connectivity index (χ0v) is 21.6. The van der Waals surface area contributed by atoms with Crippen molar-refractivity contribution in [3.8, 4) is 0 Å². The van der Waals surface area contributed by atoms with Gasteiger partial charge >= 0.3 is 18.2 Å². The van der Waals surface area contributed by atoms with Crippen LogP contribution in [-0.4, -0.2) is 67.2 Å². The highest BCUT2D eigenvalue weighted by atomic mass is 32.2. The molecule has 208 valence electrons. The molecule has 0 bridgehead atoms. The van der Waals surface area contributed by atoms with E-state index in [1.54, 1.807) is 24.3 Å². The van der Waals surface area contributed by atoms with Crippen molar-refractivity contribution in [1.82, 2.24) is 16.0 Å². The lowest BCUT2D eigenvalue weighted by Gasteiger charge is -2.21. The minimum atomic E-state index is -4.54. The van der Waals surface area contributed by atoms with Gasteiger partial charge in [-0.25, -0.2) is 9.59 Å². The van der Waals surface area contributed by atoms with Crippen molar-refractivity contribution in [2.24, 2.45) is 0 Å². The molecule has 0 fully saturated rings. The summed E-state index contributed by atoms with van der Waals surface area (Å²) in [5.74, 6) is -2.49. The number of carboxylic acids is 1. The van der Waals surface area contributed by atoms with Crippen LogP contribution in [0.2, 0.25) is 0 Å². The maximum Gasteiger partial charge on any atom is 0.407 e. The minimum Gasteiger partial charge on any atom is -0.480 e. The predicted molar refractivity (Wildman–Crippen MR) is 138 cm³/mol. The number of carboxylic acid groups (broad SMARTS) is 1. The molecule has 2 aromatic carbocycles. The summed E-state index contributed by atoms with van der Waals surface area (Å²) in [7, 11) is -4.54. The van der Waals surface area contributed by atoms with E-state index >= 15 is 0 Å². The third-order valence-corrected chi connectivity index (χ3v) is 6.04. The highest BCUT2D eigenvalue weighted by Gasteiger charge is 2.25. The summed E-state index contributed by atoms with van der Waals surface area (Å²) in [5.41, 5.74) is 1.64. The van der Waals surface area contributed by atoms with E-state index in [1.165, 1.54) is 0 Å². The summed E-state index contributed by atoms with van der Waals surface area (Å²) in [5, 5.41) is 17.1. The molecule has 0 saturated heterocycles. The van der Waals surface area contributed by atoms with Crippen LogP contribution < -0.4 is 16.0 Å². The number of benzene rings is 2. The molecule has 0 aliphatic rings. The second-order valence-corrected chi connectivity index (χ2v) is 9.93. The summed E-state index contributed by atoms with van der Waals surface area (Å²) in [6.45, 7) is 0.387. The summed E-state index contributed by atoms with van der Waals surface area (Å²) in [6, 6.07) is 16.0. The number of ether oxygens (including phenoxy) is 2. The van der Waals surface area contributed by atoms with Gasteiger partial charge in [0.25, 0.3) is 10.1 Å². The normalized spacial score (nSPS) is 12.7. The van der Waals surface area contributed by atoms with Gasteiger partial charge in [-0.1, -0.05) is 60.7 Å². The summed E-state index contributed by atoms with van der Waals surface area (Å²) in [6.07, 6.45) is 0.131. The zero-order chi connectivity index (χ0) is 27.8. The van der Waals surface area contributed by atoms with E-state index in [1.807, 2.05) is 36.4 Å². The topological polar surface area (TPSA) is 180 Å². The first-order chi connectivity index (χ1) is 18.1. The van der Waals surface area contributed by atoms with E-state index in [4.69, 9.17) is 14.0 Å². The average Bonchev–Trinajstić information content (AvgIpc) is 2.88. The number of aliphatic carboxylic acids is 1. The Hall–Kier alpha value is -3.68. The van der Waals surface area contributed by atoms with Gasteiger partial charge in [0.05, 0.1) is 0 Å². The highest BCUT2D eigenvalue weighted by molar-refractivity contribution is 7.85. The Balaban J connectivity index is 1.81. The van der Waals surface area contributed by atoms with Crippen LogP contribution in [0.1, 0.15) is 30.4 Å². The van der Waals surface area contributed by atoms with Crippen molar-refractivity contribution in [1.29, 1.82) is 0 Å². The van der Waals surface area contributed by atoms with Crippen LogP contribution >= 0.6 is 0 Å². The van der Waals surface area contributed by atoms with Crippen molar-refractivity contribution in [3.63, 3.8) is 0 Å². The predicted octanol–water partition coefficient (Wildman–Crippen LogP) is 2.31. The molecule has 38 heavy (non-hydrogen) atoms. The molecular weight excluding hydrogens is 518 g/mol. The van der Waals surface area contributed by atoms with Crippen LogP contribution in [0, 0.1) is 0 Å². The van der Waals surface area contributed by atoms with Crippen LogP contribution in [0.3, 0.4) is 0 Å². The minimum absolute atomic E-state index is 0.0301. The van der Waals surface area contributed by atoms with Gasteiger partial charge in [-0.15, -0.1) is 0 Å². The molecule has 2 amide bonds. The maximum absolute atomic E-state index is 12.3. The summed E-state index contributed by atoms with van der Waals surface area (Å²) < 4.78 is 41.6. The quantitative estimate of drug-likeness (QED) is 0.153. The fourth-order valence-corrected chi connectivity index (χ4v) is 4.03. The van der Waals surface area contributed by atoms with Crippen LogP contribution in [0.4, 0.5) is 9.59 Å². The first-order valence-electron chi connectivity index (χ1n) is 12.0. The van der Waals surface area contributed by atoms with Gasteiger partial charge in [-0.2, -0.15) is 8.42 Å². The number of alkyl carbamates (subject to hydrolysis) is 2. The lowest BCUT2D eigenvalue weighted by molar-refractivity contribution is -0.138. The van der Waals surface area contributed by atoms with E-state index in [2.05, 4.69) is 16.0 Å². The van der Waals surface area contributed by atoms with Gasteiger partial charge in [0.2, 0.25) is 0 Å². The molecule has 13 heteroatoms. The van der Waals surface area contributed by atoms with E-state index in [0.717, 1.165) is 11.1 Å². The smallest absolute Gasteiger partial charge is 0.407 e. The Morgan fingerprint density at radius 3 is 1.92 bits per heavy atom. The van der Waals surface area contributed by atoms with Gasteiger partial charge in [-0.05, 0) is 30.4 Å². The number of amides is 2. The molecule has 0 saturated carbocycles. The van der Waals surface area contributed by atoms with Crippen molar-refractivity contribution in [2.45, 2.75) is 44.6 Å². The first kappa shape index (κ1) is 30.5. The molecule has 2 unspecified atom stereocenters. The molecule has 0 aliphatic carbocycles. The molecule has 2 aromatic rings. The van der Waals surface area contributed by atoms with E-state index < -0.39 is 46.1 Å². The number of hydrogen-bond donors (Lipinski definition) is 5. The number of unbranched alkanes of at least 4 members (excludes halogenated alkanes) is 1. The van der Waals surface area contributed by atoms with Crippen LogP contribution in [0.15, 0.2) is 60.7 Å². The van der Waals surface area contributed by atoms with Crippen LogP contribution in [0.5, 0.6) is 0 Å². The third kappa shape index (κ3) is 13.6. The number of nitrogens with one attached hydrogen (secondary N) is 3. The molecule has 0 spiro atoms. The van der Waals surface area contributed by atoms with Crippen molar-refractivity contribution in [2.75, 3.05) is 18.8 Å². The Morgan fingerprint density at radius 1 is 0.842 bits per heavy atom.